The maximum atomic E-state index is 16.1. The van der Waals surface area contributed by atoms with Crippen LogP contribution in [0.15, 0.2) is 46.8 Å². The van der Waals surface area contributed by atoms with Gasteiger partial charge in [-0.25, -0.2) is 0 Å². The molecule has 14 nitrogen and oxygen atoms in total. The molecule has 0 radical (unpaired) electrons. The summed E-state index contributed by atoms with van der Waals surface area (Å²) in [4.78, 5) is 16.1. The third-order valence-electron chi connectivity index (χ3n) is 23.6. The van der Waals surface area contributed by atoms with Crippen LogP contribution in [0.2, 0.25) is 0 Å². The number of Topliss-reactive ketones (excluding diaryl/α,β-unsaturated/α-hetero) is 1. The number of hydrogen-bond acceptors (Lipinski definition) is 14. The van der Waals surface area contributed by atoms with E-state index in [1.807, 2.05) is 24.3 Å². The first kappa shape index (κ1) is 54.7. The highest BCUT2D eigenvalue weighted by molar-refractivity contribution is 6.00. The first-order valence-corrected chi connectivity index (χ1v) is 30.2. The molecule has 0 aromatic heterocycles. The summed E-state index contributed by atoms with van der Waals surface area (Å²) in [6, 6.07) is 0. The van der Waals surface area contributed by atoms with Crippen molar-refractivity contribution in [3.63, 3.8) is 0 Å². The van der Waals surface area contributed by atoms with Crippen molar-refractivity contribution < 1.29 is 55.5 Å². The number of carbonyl (C=O) groups is 1. The van der Waals surface area contributed by atoms with E-state index < -0.39 is 99.5 Å². The lowest BCUT2D eigenvalue weighted by Crippen LogP contribution is -2.74. The molecule has 7 saturated carbocycles. The molecule has 0 aromatic carbocycles. The zero-order valence-corrected chi connectivity index (χ0v) is 45.5. The number of dihydropyridines is 1. The Labute approximate surface area is 446 Å². The molecule has 13 N–H and O–H groups in total. The average Bonchev–Trinajstić information content (AvgIpc) is 3.99. The Morgan fingerprint density at radius 3 is 2.37 bits per heavy atom. The van der Waals surface area contributed by atoms with Gasteiger partial charge in [-0.15, -0.1) is 0 Å². The Morgan fingerprint density at radius 2 is 1.65 bits per heavy atom. The van der Waals surface area contributed by atoms with Gasteiger partial charge in [0.15, 0.2) is 5.78 Å². The standard InChI is InChI=1S/C61H95N3O11/c1-4-9-36-12-14-40-46(16-13-36)75-54-49(40)43(67)11-7-24-61(54,74)55(3,71)47-21-28-60(73)50-51(63-33-35(2)66)52(70)41-30-44(68)45(69)32-57(41)31-37(39-15-17-48(62)64-42(39)10-8-29-65)18-27-58(72,53(50)57)34-59(47,60)38-19-25-56(26-20-38)22-5-6-23-56/h15,17-18,27,35-38,40-41,43-49,53-54,63-69,71-74H,4-14,16,19-26,28-34,62H2,1-3H3. The van der Waals surface area contributed by atoms with Crippen molar-refractivity contribution in [1.82, 2.24) is 10.6 Å². The van der Waals surface area contributed by atoms with Crippen molar-refractivity contribution in [2.75, 3.05) is 13.2 Å². The van der Waals surface area contributed by atoms with Crippen LogP contribution < -0.4 is 16.4 Å². The van der Waals surface area contributed by atoms with Crippen LogP contribution in [0.5, 0.6) is 0 Å². The number of fused-ring (bicyclic) bond motifs is 5. The third-order valence-corrected chi connectivity index (χ3v) is 23.6. The van der Waals surface area contributed by atoms with E-state index >= 15 is 4.79 Å². The number of nitrogens with two attached hydrogens (primary N) is 1. The maximum Gasteiger partial charge on any atom is 0.182 e. The van der Waals surface area contributed by atoms with Gasteiger partial charge in [0.05, 0.1) is 65.3 Å². The summed E-state index contributed by atoms with van der Waals surface area (Å²) >= 11 is 0. The average molecular weight is 1050 g/mol. The number of ether oxygens (including phenoxy) is 1. The molecule has 0 amide bonds. The second kappa shape index (κ2) is 20.1. The SMILES string of the molecule is CCCC1CCC2OC3C(C(O)CCCC3(O)C(C)(O)C3CCC4(O)C5=C(NCC(C)O)C(=O)C6CC(O)C(O)CC67CC(C6=C(CCCO)NC(N)C=C6)C=CC(O)(CC34C3CCC4(CCCC4)CC3)C57)C2CC1. The first-order chi connectivity index (χ1) is 35.7. The zero-order valence-electron chi connectivity index (χ0n) is 45.5. The van der Waals surface area contributed by atoms with Crippen LogP contribution in [0.25, 0.3) is 0 Å². The summed E-state index contributed by atoms with van der Waals surface area (Å²) in [7, 11) is 0. The number of aliphatic hydroxyl groups excluding tert-OH is 5. The first-order valence-electron chi connectivity index (χ1n) is 30.2. The number of hydrogen-bond donors (Lipinski definition) is 12. The van der Waals surface area contributed by atoms with Gasteiger partial charge in [-0.2, -0.15) is 0 Å². The van der Waals surface area contributed by atoms with Gasteiger partial charge in [-0.05, 0) is 194 Å². The van der Waals surface area contributed by atoms with Crippen LogP contribution >= 0.6 is 0 Å². The van der Waals surface area contributed by atoms with E-state index in [1.165, 1.54) is 12.8 Å². The number of ketones is 1. The lowest BCUT2D eigenvalue weighted by atomic mass is 9.37. The summed E-state index contributed by atoms with van der Waals surface area (Å²) in [5.74, 6) is -3.40. The van der Waals surface area contributed by atoms with Crippen LogP contribution in [0.3, 0.4) is 0 Å². The summed E-state index contributed by atoms with van der Waals surface area (Å²) in [5, 5.41) is 121. The van der Waals surface area contributed by atoms with Crippen molar-refractivity contribution in [3.8, 4) is 0 Å². The Hall–Kier alpha value is -2.21. The van der Waals surface area contributed by atoms with Gasteiger partial charge in [0.1, 0.15) is 5.60 Å². The quantitative estimate of drug-likeness (QED) is 0.106. The van der Waals surface area contributed by atoms with Crippen molar-refractivity contribution in [2.24, 2.45) is 69.3 Å². The predicted molar refractivity (Wildman–Crippen MR) is 284 cm³/mol. The van der Waals surface area contributed by atoms with E-state index in [-0.39, 0.29) is 86.5 Å². The number of allylic oxidation sites excluding steroid dienone is 5. The van der Waals surface area contributed by atoms with E-state index in [0.29, 0.717) is 43.6 Å². The molecule has 420 valence electrons. The minimum atomic E-state index is -1.93. The summed E-state index contributed by atoms with van der Waals surface area (Å²) in [6.45, 7) is 5.59. The van der Waals surface area contributed by atoms with Gasteiger partial charge in [0.2, 0.25) is 0 Å². The van der Waals surface area contributed by atoms with Gasteiger partial charge in [0.25, 0.3) is 0 Å². The lowest BCUT2D eigenvalue weighted by Gasteiger charge is -2.69. The molecule has 20 atom stereocenters. The lowest BCUT2D eigenvalue weighted by molar-refractivity contribution is -0.277. The van der Waals surface area contributed by atoms with Crippen molar-refractivity contribution in [1.29, 1.82) is 0 Å². The number of nitrogens with one attached hydrogen (secondary N) is 2. The Bertz CT molecular complexity index is 2270. The Balaban J connectivity index is 1.11. The molecular weight excluding hydrogens is 951 g/mol. The monoisotopic (exact) mass is 1050 g/mol. The number of rotatable bonds is 12. The van der Waals surface area contributed by atoms with Crippen LogP contribution in [-0.2, 0) is 9.53 Å². The molecule has 11 rings (SSSR count). The van der Waals surface area contributed by atoms with Crippen LogP contribution in [-0.4, -0.2) is 130 Å². The molecule has 0 aromatic rings. The number of aliphatic hydroxyl groups is 9. The fraction of sp³-hybridized carbons (Fsp3) is 0.852. The fourth-order valence-corrected chi connectivity index (χ4v) is 20.4. The van der Waals surface area contributed by atoms with Crippen LogP contribution in [0, 0.1) is 63.6 Å². The van der Waals surface area contributed by atoms with Gasteiger partial charge in [-0.1, -0.05) is 57.3 Å². The molecule has 11 aliphatic rings. The van der Waals surface area contributed by atoms with Crippen molar-refractivity contribution >= 4 is 5.78 Å². The van der Waals surface area contributed by atoms with Crippen LogP contribution in [0.4, 0.5) is 0 Å². The van der Waals surface area contributed by atoms with E-state index in [1.54, 1.807) is 13.8 Å². The van der Waals surface area contributed by atoms with Crippen molar-refractivity contribution in [2.45, 2.75) is 246 Å². The van der Waals surface area contributed by atoms with Gasteiger partial charge in [-0.3, -0.25) is 4.79 Å². The summed E-state index contributed by atoms with van der Waals surface area (Å²) in [5.41, 5.74) is -0.988. The molecule has 9 aliphatic carbocycles. The maximum absolute atomic E-state index is 16.1. The molecule has 2 heterocycles. The van der Waals surface area contributed by atoms with E-state index in [4.69, 9.17) is 10.5 Å². The molecule has 14 heteroatoms. The van der Waals surface area contributed by atoms with Crippen molar-refractivity contribution in [3.05, 3.63) is 46.8 Å². The second-order valence-electron chi connectivity index (χ2n) is 27.5. The minimum absolute atomic E-state index is 0.0149. The topological polar surface area (TPSA) is 258 Å². The van der Waals surface area contributed by atoms with Gasteiger partial charge in [0, 0.05) is 47.9 Å². The smallest absolute Gasteiger partial charge is 0.182 e. The van der Waals surface area contributed by atoms with E-state index in [0.717, 1.165) is 88.3 Å². The molecule has 0 bridgehead atoms. The van der Waals surface area contributed by atoms with E-state index in [9.17, 15) is 46.0 Å². The molecule has 2 aliphatic heterocycles. The predicted octanol–water partition coefficient (Wildman–Crippen LogP) is 5.60. The molecular formula is C61H95N3O11. The summed E-state index contributed by atoms with van der Waals surface area (Å²) in [6.07, 6.45) is 19.1. The Kier molecular flexibility index (Phi) is 14.7. The highest BCUT2D eigenvalue weighted by Gasteiger charge is 2.80. The highest BCUT2D eigenvalue weighted by atomic mass is 16.5. The molecule has 20 unspecified atom stereocenters. The molecule has 8 fully saturated rings. The van der Waals surface area contributed by atoms with Gasteiger partial charge >= 0.3 is 0 Å². The van der Waals surface area contributed by atoms with Crippen LogP contribution in [0.1, 0.15) is 181 Å². The number of carbonyl (C=O) groups excluding carboxylic acids is 1. The summed E-state index contributed by atoms with van der Waals surface area (Å²) < 4.78 is 7.19. The molecule has 1 saturated heterocycles. The minimum Gasteiger partial charge on any atom is -0.396 e. The molecule has 75 heavy (non-hydrogen) atoms. The fourth-order valence-electron chi connectivity index (χ4n) is 20.4. The largest absolute Gasteiger partial charge is 0.396 e. The zero-order chi connectivity index (χ0) is 53.1. The highest BCUT2D eigenvalue weighted by Crippen LogP contribution is 2.77. The van der Waals surface area contributed by atoms with Gasteiger partial charge < -0.3 is 67.1 Å². The third kappa shape index (κ3) is 8.50. The Morgan fingerprint density at radius 1 is 0.907 bits per heavy atom. The molecule has 2 spiro atoms. The second-order valence-corrected chi connectivity index (χ2v) is 27.5. The normalized spacial score (nSPS) is 47.6. The van der Waals surface area contributed by atoms with E-state index in [2.05, 4.69) is 17.6 Å².